The van der Waals surface area contributed by atoms with Crippen molar-refractivity contribution in [1.29, 1.82) is 0 Å². The van der Waals surface area contributed by atoms with E-state index in [1.807, 2.05) is 6.07 Å². The summed E-state index contributed by atoms with van der Waals surface area (Å²) in [5.74, 6) is 0. The molecule has 2 nitrogen and oxygen atoms in total. The Kier molecular flexibility index (Phi) is 2.80. The first kappa shape index (κ1) is 11.4. The van der Waals surface area contributed by atoms with Gasteiger partial charge in [-0.2, -0.15) is 0 Å². The Hall–Kier alpha value is -0.730. The highest BCUT2D eigenvalue weighted by atomic mass is 35.5. The summed E-state index contributed by atoms with van der Waals surface area (Å²) >= 11 is 6.35. The minimum atomic E-state index is 0.382. The first-order valence-corrected chi connectivity index (χ1v) is 6.83. The molecular formula is C14H19ClN2. The van der Waals surface area contributed by atoms with Gasteiger partial charge < -0.3 is 10.6 Å². The van der Waals surface area contributed by atoms with Crippen LogP contribution in [0.25, 0.3) is 0 Å². The number of hydrogen-bond acceptors (Lipinski definition) is 2. The predicted octanol–water partition coefficient (Wildman–Crippen LogP) is 3.11. The van der Waals surface area contributed by atoms with Crippen LogP contribution in [0.3, 0.4) is 0 Å². The standard InChI is InChI=1S/C14H19ClN2/c1-9-2-5-13(15)14(6-9)17-11-3-4-12(17)8-10(16)7-11/h2,5-6,10-12H,3-4,7-8,16H2,1H3. The number of nitrogens with two attached hydrogens (primary N) is 1. The largest absolute Gasteiger partial charge is 0.364 e. The van der Waals surface area contributed by atoms with Crippen LogP contribution in [0.15, 0.2) is 18.2 Å². The molecule has 2 atom stereocenters. The zero-order valence-corrected chi connectivity index (χ0v) is 11.0. The Balaban J connectivity index is 1.97. The van der Waals surface area contributed by atoms with Crippen LogP contribution >= 0.6 is 11.6 Å². The Morgan fingerprint density at radius 1 is 1.24 bits per heavy atom. The molecule has 17 heavy (non-hydrogen) atoms. The molecule has 2 aliphatic rings. The molecule has 3 rings (SSSR count). The van der Waals surface area contributed by atoms with E-state index in [1.165, 1.54) is 24.1 Å². The molecule has 2 heterocycles. The molecule has 2 N–H and O–H groups in total. The summed E-state index contributed by atoms with van der Waals surface area (Å²) in [6.07, 6.45) is 4.76. The number of halogens is 1. The zero-order chi connectivity index (χ0) is 12.0. The molecule has 2 unspecified atom stereocenters. The van der Waals surface area contributed by atoms with E-state index in [9.17, 15) is 0 Å². The van der Waals surface area contributed by atoms with Crippen LogP contribution in [0.4, 0.5) is 5.69 Å². The van der Waals surface area contributed by atoms with Crippen molar-refractivity contribution in [3.8, 4) is 0 Å². The second-order valence-electron chi connectivity index (χ2n) is 5.48. The van der Waals surface area contributed by atoms with E-state index < -0.39 is 0 Å². The number of rotatable bonds is 1. The number of piperidine rings is 1. The Bertz CT molecular complexity index is 418. The van der Waals surface area contributed by atoms with E-state index in [0.717, 1.165) is 17.9 Å². The molecule has 0 saturated carbocycles. The summed E-state index contributed by atoms with van der Waals surface area (Å²) < 4.78 is 0. The van der Waals surface area contributed by atoms with Crippen molar-refractivity contribution >= 4 is 17.3 Å². The molecule has 0 radical (unpaired) electrons. The topological polar surface area (TPSA) is 29.3 Å². The number of aryl methyl sites for hydroxylation is 1. The molecule has 0 aromatic heterocycles. The molecule has 1 aromatic carbocycles. The lowest BCUT2D eigenvalue weighted by molar-refractivity contribution is 0.414. The summed E-state index contributed by atoms with van der Waals surface area (Å²) in [5, 5.41) is 0.878. The molecule has 2 aliphatic heterocycles. The SMILES string of the molecule is Cc1ccc(Cl)c(N2C3CCC2CC(N)C3)c1. The van der Waals surface area contributed by atoms with Crippen molar-refractivity contribution < 1.29 is 0 Å². The predicted molar refractivity (Wildman–Crippen MR) is 72.7 cm³/mol. The van der Waals surface area contributed by atoms with Crippen molar-refractivity contribution in [1.82, 2.24) is 0 Å². The average molecular weight is 251 g/mol. The van der Waals surface area contributed by atoms with Gasteiger partial charge in [-0.05, 0) is 50.3 Å². The fourth-order valence-electron chi connectivity index (χ4n) is 3.43. The van der Waals surface area contributed by atoms with Crippen molar-refractivity contribution in [2.75, 3.05) is 4.90 Å². The average Bonchev–Trinajstić information content (AvgIpc) is 2.54. The molecule has 0 amide bonds. The number of nitrogens with zero attached hydrogens (tertiary/aromatic N) is 1. The first-order chi connectivity index (χ1) is 8.15. The molecule has 2 saturated heterocycles. The zero-order valence-electron chi connectivity index (χ0n) is 10.2. The van der Waals surface area contributed by atoms with Crippen LogP contribution in [0.5, 0.6) is 0 Å². The monoisotopic (exact) mass is 250 g/mol. The van der Waals surface area contributed by atoms with Gasteiger partial charge in [0.2, 0.25) is 0 Å². The third-order valence-electron chi connectivity index (χ3n) is 4.15. The minimum Gasteiger partial charge on any atom is -0.364 e. The lowest BCUT2D eigenvalue weighted by Crippen LogP contribution is -2.47. The van der Waals surface area contributed by atoms with Crippen LogP contribution in [-0.2, 0) is 0 Å². The van der Waals surface area contributed by atoms with E-state index in [4.69, 9.17) is 17.3 Å². The van der Waals surface area contributed by atoms with Crippen molar-refractivity contribution in [3.05, 3.63) is 28.8 Å². The molecule has 1 aromatic rings. The maximum Gasteiger partial charge on any atom is 0.0639 e. The van der Waals surface area contributed by atoms with Gasteiger partial charge in [0.25, 0.3) is 0 Å². The first-order valence-electron chi connectivity index (χ1n) is 6.45. The van der Waals surface area contributed by atoms with Gasteiger partial charge in [-0.25, -0.2) is 0 Å². The number of benzene rings is 1. The second kappa shape index (κ2) is 4.18. The van der Waals surface area contributed by atoms with E-state index >= 15 is 0 Å². The van der Waals surface area contributed by atoms with Crippen molar-refractivity contribution in [2.45, 2.75) is 50.7 Å². The normalized spacial score (nSPS) is 31.9. The Morgan fingerprint density at radius 3 is 2.53 bits per heavy atom. The van der Waals surface area contributed by atoms with Crippen LogP contribution < -0.4 is 10.6 Å². The quantitative estimate of drug-likeness (QED) is 0.830. The highest BCUT2D eigenvalue weighted by Gasteiger charge is 2.40. The van der Waals surface area contributed by atoms with Crippen molar-refractivity contribution in [2.24, 2.45) is 5.73 Å². The van der Waals surface area contributed by atoms with E-state index in [0.29, 0.717) is 18.1 Å². The molecule has 2 bridgehead atoms. The fraction of sp³-hybridized carbons (Fsp3) is 0.571. The molecule has 2 fully saturated rings. The fourth-order valence-corrected chi connectivity index (χ4v) is 3.65. The molecule has 92 valence electrons. The minimum absolute atomic E-state index is 0.382. The summed E-state index contributed by atoms with van der Waals surface area (Å²) in [7, 11) is 0. The lowest BCUT2D eigenvalue weighted by Gasteiger charge is -2.40. The highest BCUT2D eigenvalue weighted by Crippen LogP contribution is 2.41. The number of hydrogen-bond donors (Lipinski definition) is 1. The van der Waals surface area contributed by atoms with Gasteiger partial charge in [0.05, 0.1) is 10.7 Å². The maximum absolute atomic E-state index is 6.35. The third kappa shape index (κ3) is 1.94. The van der Waals surface area contributed by atoms with Gasteiger partial charge in [-0.1, -0.05) is 17.7 Å². The van der Waals surface area contributed by atoms with Gasteiger partial charge in [0, 0.05) is 18.1 Å². The Labute approximate surface area is 108 Å². The van der Waals surface area contributed by atoms with Crippen LogP contribution in [0.2, 0.25) is 5.02 Å². The molecule has 0 aliphatic carbocycles. The van der Waals surface area contributed by atoms with E-state index in [-0.39, 0.29) is 0 Å². The van der Waals surface area contributed by atoms with Gasteiger partial charge in [-0.3, -0.25) is 0 Å². The van der Waals surface area contributed by atoms with Crippen LogP contribution in [0.1, 0.15) is 31.2 Å². The third-order valence-corrected chi connectivity index (χ3v) is 4.47. The molecule has 3 heteroatoms. The molecule has 0 spiro atoms. The summed E-state index contributed by atoms with van der Waals surface area (Å²) in [6, 6.07) is 7.88. The number of fused-ring (bicyclic) bond motifs is 2. The lowest BCUT2D eigenvalue weighted by atomic mass is 9.97. The van der Waals surface area contributed by atoms with E-state index in [2.05, 4.69) is 24.0 Å². The van der Waals surface area contributed by atoms with Gasteiger partial charge >= 0.3 is 0 Å². The summed E-state index contributed by atoms with van der Waals surface area (Å²) in [6.45, 7) is 2.12. The Morgan fingerprint density at radius 2 is 1.88 bits per heavy atom. The van der Waals surface area contributed by atoms with Gasteiger partial charge in [-0.15, -0.1) is 0 Å². The molecular weight excluding hydrogens is 232 g/mol. The summed E-state index contributed by atoms with van der Waals surface area (Å²) in [5.41, 5.74) is 8.59. The summed E-state index contributed by atoms with van der Waals surface area (Å²) in [4.78, 5) is 2.53. The maximum atomic E-state index is 6.35. The van der Waals surface area contributed by atoms with Crippen LogP contribution in [0, 0.1) is 6.92 Å². The van der Waals surface area contributed by atoms with Crippen LogP contribution in [-0.4, -0.2) is 18.1 Å². The second-order valence-corrected chi connectivity index (χ2v) is 5.89. The van der Waals surface area contributed by atoms with Crippen molar-refractivity contribution in [3.63, 3.8) is 0 Å². The van der Waals surface area contributed by atoms with E-state index in [1.54, 1.807) is 0 Å². The number of anilines is 1. The van der Waals surface area contributed by atoms with Gasteiger partial charge in [0.1, 0.15) is 0 Å². The van der Waals surface area contributed by atoms with Gasteiger partial charge in [0.15, 0.2) is 0 Å². The smallest absolute Gasteiger partial charge is 0.0639 e. The highest BCUT2D eigenvalue weighted by molar-refractivity contribution is 6.33.